The number of hydrogen-bond acceptors (Lipinski definition) is 1. The highest BCUT2D eigenvalue weighted by Gasteiger charge is 2.18. The molecule has 0 N–H and O–H groups in total. The van der Waals surface area contributed by atoms with Gasteiger partial charge in [-0.3, -0.25) is 0 Å². The van der Waals surface area contributed by atoms with Crippen molar-refractivity contribution >= 4 is 27.5 Å². The van der Waals surface area contributed by atoms with E-state index in [9.17, 15) is 0 Å². The van der Waals surface area contributed by atoms with Gasteiger partial charge in [-0.05, 0) is 51.1 Å². The second-order valence-electron chi connectivity index (χ2n) is 6.74. The summed E-state index contributed by atoms with van der Waals surface area (Å²) in [5.74, 6) is 0. The van der Waals surface area contributed by atoms with E-state index in [-0.39, 0.29) is 0 Å². The number of nitrogens with zero attached hydrogens (tertiary/aromatic N) is 2. The Morgan fingerprint density at radius 2 is 1.48 bits per heavy atom. The summed E-state index contributed by atoms with van der Waals surface area (Å²) in [6.07, 6.45) is 0. The van der Waals surface area contributed by atoms with E-state index in [1.807, 2.05) is 0 Å². The zero-order valence-electron chi connectivity index (χ0n) is 15.1. The van der Waals surface area contributed by atoms with Crippen molar-refractivity contribution < 1.29 is 0 Å². The lowest BCUT2D eigenvalue weighted by Gasteiger charge is -2.28. The fraction of sp³-hybridized carbons (Fsp3) is 0.217. The monoisotopic (exact) mass is 328 g/mol. The fourth-order valence-corrected chi connectivity index (χ4v) is 3.91. The van der Waals surface area contributed by atoms with Crippen LogP contribution in [0.2, 0.25) is 0 Å². The van der Waals surface area contributed by atoms with Crippen molar-refractivity contribution in [3.63, 3.8) is 0 Å². The van der Waals surface area contributed by atoms with Crippen molar-refractivity contribution in [2.75, 3.05) is 11.4 Å². The quantitative estimate of drug-likeness (QED) is 0.445. The third kappa shape index (κ3) is 2.49. The SMILES string of the molecule is CCN(c1cccc2c1c1ccccc1n2-c1ccccc1)C(C)C. The van der Waals surface area contributed by atoms with Crippen LogP contribution in [-0.2, 0) is 0 Å². The Hall–Kier alpha value is -2.74. The topological polar surface area (TPSA) is 8.17 Å². The van der Waals surface area contributed by atoms with E-state index in [1.165, 1.54) is 33.2 Å². The van der Waals surface area contributed by atoms with Gasteiger partial charge in [-0.1, -0.05) is 42.5 Å². The molecule has 0 bridgehead atoms. The molecule has 0 aliphatic rings. The number of aromatic nitrogens is 1. The Morgan fingerprint density at radius 3 is 2.20 bits per heavy atom. The van der Waals surface area contributed by atoms with Gasteiger partial charge < -0.3 is 9.47 Å². The first-order valence-electron chi connectivity index (χ1n) is 9.06. The first-order valence-corrected chi connectivity index (χ1v) is 9.06. The van der Waals surface area contributed by atoms with E-state index in [0.29, 0.717) is 6.04 Å². The summed E-state index contributed by atoms with van der Waals surface area (Å²) in [6, 6.07) is 26.5. The number of fused-ring (bicyclic) bond motifs is 3. The Bertz CT molecular complexity index is 1010. The predicted octanol–water partition coefficient (Wildman–Crippen LogP) is 6.02. The maximum atomic E-state index is 2.48. The zero-order valence-corrected chi connectivity index (χ0v) is 15.1. The van der Waals surface area contributed by atoms with Gasteiger partial charge in [-0.2, -0.15) is 0 Å². The van der Waals surface area contributed by atoms with Gasteiger partial charge in [0.15, 0.2) is 0 Å². The minimum absolute atomic E-state index is 0.467. The van der Waals surface area contributed by atoms with E-state index in [4.69, 9.17) is 0 Å². The molecular weight excluding hydrogens is 304 g/mol. The lowest BCUT2D eigenvalue weighted by atomic mass is 10.1. The molecular formula is C23H24N2. The van der Waals surface area contributed by atoms with Crippen LogP contribution in [0.1, 0.15) is 20.8 Å². The minimum Gasteiger partial charge on any atom is -0.369 e. The van der Waals surface area contributed by atoms with E-state index >= 15 is 0 Å². The van der Waals surface area contributed by atoms with E-state index in [1.54, 1.807) is 0 Å². The molecule has 0 unspecified atom stereocenters. The Labute approximate surface area is 149 Å². The van der Waals surface area contributed by atoms with Crippen LogP contribution < -0.4 is 4.90 Å². The lowest BCUT2D eigenvalue weighted by Crippen LogP contribution is -2.30. The van der Waals surface area contributed by atoms with Crippen LogP contribution in [0.15, 0.2) is 72.8 Å². The van der Waals surface area contributed by atoms with E-state index in [0.717, 1.165) is 6.54 Å². The zero-order chi connectivity index (χ0) is 17.4. The number of para-hydroxylation sites is 2. The Kier molecular flexibility index (Phi) is 3.96. The van der Waals surface area contributed by atoms with Gasteiger partial charge >= 0.3 is 0 Å². The number of rotatable bonds is 4. The van der Waals surface area contributed by atoms with Gasteiger partial charge in [-0.25, -0.2) is 0 Å². The number of anilines is 1. The van der Waals surface area contributed by atoms with E-state index < -0.39 is 0 Å². The average Bonchev–Trinajstić information content (AvgIpc) is 2.98. The van der Waals surface area contributed by atoms with Crippen molar-refractivity contribution in [1.29, 1.82) is 0 Å². The van der Waals surface area contributed by atoms with Gasteiger partial charge in [0.2, 0.25) is 0 Å². The molecule has 1 aromatic heterocycles. The van der Waals surface area contributed by atoms with Gasteiger partial charge in [0.25, 0.3) is 0 Å². The molecule has 0 radical (unpaired) electrons. The van der Waals surface area contributed by atoms with Crippen molar-refractivity contribution in [3.8, 4) is 5.69 Å². The highest BCUT2D eigenvalue weighted by Crippen LogP contribution is 2.38. The van der Waals surface area contributed by atoms with Crippen LogP contribution in [-0.4, -0.2) is 17.2 Å². The van der Waals surface area contributed by atoms with Crippen molar-refractivity contribution in [3.05, 3.63) is 72.8 Å². The fourth-order valence-electron chi connectivity index (χ4n) is 3.91. The van der Waals surface area contributed by atoms with Crippen LogP contribution in [0.5, 0.6) is 0 Å². The number of benzene rings is 3. The van der Waals surface area contributed by atoms with Gasteiger partial charge in [0, 0.05) is 34.7 Å². The van der Waals surface area contributed by atoms with Crippen LogP contribution in [0.4, 0.5) is 5.69 Å². The highest BCUT2D eigenvalue weighted by molar-refractivity contribution is 6.15. The molecule has 0 aliphatic carbocycles. The molecule has 1 heterocycles. The molecule has 2 heteroatoms. The standard InChI is InChI=1S/C23H24N2/c1-4-24(17(2)3)21-15-10-16-22-23(21)19-13-8-9-14-20(19)25(22)18-11-6-5-7-12-18/h5-17H,4H2,1-3H3. The predicted molar refractivity (Wildman–Crippen MR) is 109 cm³/mol. The van der Waals surface area contributed by atoms with Crippen molar-refractivity contribution in [1.82, 2.24) is 4.57 Å². The molecule has 4 rings (SSSR count). The van der Waals surface area contributed by atoms with Crippen molar-refractivity contribution in [2.45, 2.75) is 26.8 Å². The summed E-state index contributed by atoms with van der Waals surface area (Å²) >= 11 is 0. The summed E-state index contributed by atoms with van der Waals surface area (Å²) in [5, 5.41) is 2.66. The van der Waals surface area contributed by atoms with E-state index in [2.05, 4.69) is 103 Å². The molecule has 4 aromatic rings. The molecule has 0 spiro atoms. The highest BCUT2D eigenvalue weighted by atomic mass is 15.1. The summed E-state index contributed by atoms with van der Waals surface area (Å²) in [5.41, 5.74) is 5.05. The first-order chi connectivity index (χ1) is 12.2. The third-order valence-corrected chi connectivity index (χ3v) is 4.96. The molecule has 25 heavy (non-hydrogen) atoms. The minimum atomic E-state index is 0.467. The van der Waals surface area contributed by atoms with Crippen LogP contribution in [0.25, 0.3) is 27.5 Å². The Balaban J connectivity index is 2.14. The summed E-state index contributed by atoms with van der Waals surface area (Å²) in [4.78, 5) is 2.48. The molecule has 0 aliphatic heterocycles. The lowest BCUT2D eigenvalue weighted by molar-refractivity contribution is 0.706. The summed E-state index contributed by atoms with van der Waals surface area (Å²) in [7, 11) is 0. The molecule has 0 saturated carbocycles. The molecule has 3 aromatic carbocycles. The smallest absolute Gasteiger partial charge is 0.0561 e. The first kappa shape index (κ1) is 15.8. The maximum absolute atomic E-state index is 2.48. The number of hydrogen-bond donors (Lipinski definition) is 0. The summed E-state index contributed by atoms with van der Waals surface area (Å²) in [6.45, 7) is 7.76. The van der Waals surface area contributed by atoms with Crippen LogP contribution in [0.3, 0.4) is 0 Å². The molecule has 0 saturated heterocycles. The molecule has 0 atom stereocenters. The third-order valence-electron chi connectivity index (χ3n) is 4.96. The molecule has 2 nitrogen and oxygen atoms in total. The maximum Gasteiger partial charge on any atom is 0.0561 e. The average molecular weight is 328 g/mol. The molecule has 0 fully saturated rings. The van der Waals surface area contributed by atoms with Crippen LogP contribution in [0, 0.1) is 0 Å². The van der Waals surface area contributed by atoms with Gasteiger partial charge in [-0.15, -0.1) is 0 Å². The summed E-state index contributed by atoms with van der Waals surface area (Å²) < 4.78 is 2.38. The second-order valence-corrected chi connectivity index (χ2v) is 6.74. The second kappa shape index (κ2) is 6.29. The van der Waals surface area contributed by atoms with Crippen LogP contribution >= 0.6 is 0 Å². The van der Waals surface area contributed by atoms with Crippen molar-refractivity contribution in [2.24, 2.45) is 0 Å². The molecule has 0 amide bonds. The van der Waals surface area contributed by atoms with Gasteiger partial charge in [0.1, 0.15) is 0 Å². The van der Waals surface area contributed by atoms with Gasteiger partial charge in [0.05, 0.1) is 11.0 Å². The largest absolute Gasteiger partial charge is 0.369 e. The normalized spacial score (nSPS) is 11.5. The molecule has 126 valence electrons. The Morgan fingerprint density at radius 1 is 0.800 bits per heavy atom.